The molecule has 1 fully saturated rings. The monoisotopic (exact) mass is 388 g/mol. The molecule has 5 nitrogen and oxygen atoms in total. The highest BCUT2D eigenvalue weighted by Crippen LogP contribution is 2.31. The number of amides is 1. The molecule has 27 heavy (non-hydrogen) atoms. The van der Waals surface area contributed by atoms with Crippen molar-refractivity contribution in [3.8, 4) is 5.75 Å². The Balaban J connectivity index is 1.70. The summed E-state index contributed by atoms with van der Waals surface area (Å²) in [7, 11) is 1.69. The molecule has 0 aliphatic carbocycles. The number of carbonyl (C=O) groups excluding carboxylic acids is 1. The van der Waals surface area contributed by atoms with Crippen LogP contribution in [0.4, 0.5) is 5.69 Å². The lowest BCUT2D eigenvalue weighted by Gasteiger charge is -2.46. The summed E-state index contributed by atoms with van der Waals surface area (Å²) in [6, 6.07) is 15.0. The molecule has 1 aliphatic rings. The number of methoxy groups -OCH3 is 1. The van der Waals surface area contributed by atoms with Crippen molar-refractivity contribution in [1.29, 1.82) is 0 Å². The molecule has 2 atom stereocenters. The van der Waals surface area contributed by atoms with Gasteiger partial charge in [-0.25, -0.2) is 0 Å². The Morgan fingerprint density at radius 3 is 2.48 bits per heavy atom. The summed E-state index contributed by atoms with van der Waals surface area (Å²) in [6.45, 7) is 4.22. The van der Waals surface area contributed by atoms with E-state index in [4.69, 9.17) is 21.1 Å². The zero-order valence-electron chi connectivity index (χ0n) is 15.7. The molecule has 0 spiro atoms. The standard InChI is InChI=1S/C21H25ClN2O3/c1-15-4-8-17(9-5-15)24-19(14-23-12-3-13-26-2)20(21(24)25)27-18-10-6-16(22)7-11-18/h4-11,19-20,23H,3,12-14H2,1-2H3. The molecule has 144 valence electrons. The van der Waals surface area contributed by atoms with Gasteiger partial charge in [0.2, 0.25) is 0 Å². The van der Waals surface area contributed by atoms with Crippen LogP contribution in [-0.2, 0) is 9.53 Å². The Morgan fingerprint density at radius 1 is 1.11 bits per heavy atom. The van der Waals surface area contributed by atoms with Crippen molar-refractivity contribution in [2.45, 2.75) is 25.5 Å². The van der Waals surface area contributed by atoms with Crippen LogP contribution in [0, 0.1) is 6.92 Å². The summed E-state index contributed by atoms with van der Waals surface area (Å²) in [4.78, 5) is 14.6. The molecule has 0 saturated carbocycles. The molecule has 0 bridgehead atoms. The van der Waals surface area contributed by atoms with Crippen LogP contribution >= 0.6 is 11.6 Å². The normalized spacial score (nSPS) is 19.1. The van der Waals surface area contributed by atoms with Crippen molar-refractivity contribution >= 4 is 23.2 Å². The van der Waals surface area contributed by atoms with E-state index in [9.17, 15) is 4.79 Å². The summed E-state index contributed by atoms with van der Waals surface area (Å²) in [6.07, 6.45) is 0.409. The third kappa shape index (κ3) is 4.80. The number of β-lactam (4-membered cyclic amide) rings is 1. The third-order valence-electron chi connectivity index (χ3n) is 4.61. The van der Waals surface area contributed by atoms with Crippen LogP contribution in [0.25, 0.3) is 0 Å². The first-order valence-electron chi connectivity index (χ1n) is 9.12. The summed E-state index contributed by atoms with van der Waals surface area (Å²) in [5.74, 6) is 0.614. The Morgan fingerprint density at radius 2 is 1.81 bits per heavy atom. The van der Waals surface area contributed by atoms with Crippen LogP contribution in [0.2, 0.25) is 5.02 Å². The van der Waals surface area contributed by atoms with Crippen LogP contribution in [0.1, 0.15) is 12.0 Å². The Labute approximate surface area is 165 Å². The maximum atomic E-state index is 12.8. The zero-order valence-corrected chi connectivity index (χ0v) is 16.4. The molecule has 1 amide bonds. The van der Waals surface area contributed by atoms with Crippen molar-refractivity contribution in [1.82, 2.24) is 5.32 Å². The van der Waals surface area contributed by atoms with Gasteiger partial charge in [0.1, 0.15) is 5.75 Å². The predicted molar refractivity (Wildman–Crippen MR) is 108 cm³/mol. The van der Waals surface area contributed by atoms with Crippen LogP contribution in [-0.4, -0.2) is 44.9 Å². The molecule has 6 heteroatoms. The van der Waals surface area contributed by atoms with Gasteiger partial charge in [0.05, 0.1) is 6.04 Å². The lowest BCUT2D eigenvalue weighted by atomic mass is 9.96. The van der Waals surface area contributed by atoms with E-state index in [1.165, 1.54) is 0 Å². The number of hydrogen-bond donors (Lipinski definition) is 1. The van der Waals surface area contributed by atoms with Gasteiger partial charge in [-0.3, -0.25) is 4.79 Å². The molecule has 3 rings (SSSR count). The van der Waals surface area contributed by atoms with E-state index in [0.29, 0.717) is 23.9 Å². The van der Waals surface area contributed by atoms with Crippen molar-refractivity contribution < 1.29 is 14.3 Å². The van der Waals surface area contributed by atoms with Crippen molar-refractivity contribution in [2.75, 3.05) is 31.7 Å². The Bertz CT molecular complexity index is 749. The number of rotatable bonds is 9. The molecule has 1 heterocycles. The first kappa shape index (κ1) is 19.7. The van der Waals surface area contributed by atoms with Gasteiger partial charge >= 0.3 is 0 Å². The summed E-state index contributed by atoms with van der Waals surface area (Å²) in [5.41, 5.74) is 2.06. The zero-order chi connectivity index (χ0) is 19.2. The minimum atomic E-state index is -0.512. The molecule has 0 aromatic heterocycles. The third-order valence-corrected chi connectivity index (χ3v) is 4.86. The van der Waals surface area contributed by atoms with Gasteiger partial charge in [0.25, 0.3) is 5.91 Å². The second-order valence-corrected chi connectivity index (χ2v) is 7.09. The average molecular weight is 389 g/mol. The first-order valence-corrected chi connectivity index (χ1v) is 9.49. The lowest BCUT2D eigenvalue weighted by molar-refractivity contribution is -0.134. The highest BCUT2D eigenvalue weighted by Gasteiger charge is 2.49. The predicted octanol–water partition coefficient (Wildman–Crippen LogP) is 3.44. The summed E-state index contributed by atoms with van der Waals surface area (Å²) < 4.78 is 11.0. The SMILES string of the molecule is COCCCNCC1C(Oc2ccc(Cl)cc2)C(=O)N1c1ccc(C)cc1. The van der Waals surface area contributed by atoms with E-state index in [-0.39, 0.29) is 11.9 Å². The first-order chi connectivity index (χ1) is 13.1. The molecule has 0 radical (unpaired) electrons. The van der Waals surface area contributed by atoms with Gasteiger partial charge in [-0.2, -0.15) is 0 Å². The molecule has 1 aliphatic heterocycles. The smallest absolute Gasteiger partial charge is 0.270 e. The van der Waals surface area contributed by atoms with Crippen molar-refractivity contribution in [3.05, 3.63) is 59.1 Å². The largest absolute Gasteiger partial charge is 0.478 e. The van der Waals surface area contributed by atoms with E-state index in [2.05, 4.69) is 5.32 Å². The van der Waals surface area contributed by atoms with Gasteiger partial charge in [-0.15, -0.1) is 0 Å². The Hall–Kier alpha value is -2.08. The number of halogens is 1. The van der Waals surface area contributed by atoms with E-state index in [1.807, 2.05) is 36.1 Å². The number of nitrogens with zero attached hydrogens (tertiary/aromatic N) is 1. The molecule has 1 saturated heterocycles. The molecular formula is C21H25ClN2O3. The van der Waals surface area contributed by atoms with Gasteiger partial charge in [0.15, 0.2) is 6.10 Å². The number of nitrogens with one attached hydrogen (secondary N) is 1. The van der Waals surface area contributed by atoms with E-state index < -0.39 is 6.10 Å². The maximum absolute atomic E-state index is 12.8. The van der Waals surface area contributed by atoms with E-state index >= 15 is 0 Å². The van der Waals surface area contributed by atoms with Gasteiger partial charge < -0.3 is 19.7 Å². The summed E-state index contributed by atoms with van der Waals surface area (Å²) >= 11 is 5.93. The minimum Gasteiger partial charge on any atom is -0.478 e. The second kappa shape index (κ2) is 9.22. The second-order valence-electron chi connectivity index (χ2n) is 6.65. The van der Waals surface area contributed by atoms with Gasteiger partial charge in [-0.1, -0.05) is 29.3 Å². The average Bonchev–Trinajstić information content (AvgIpc) is 2.67. The fourth-order valence-electron chi connectivity index (χ4n) is 3.12. The fraction of sp³-hybridized carbons (Fsp3) is 0.381. The highest BCUT2D eigenvalue weighted by atomic mass is 35.5. The number of carbonyl (C=O) groups is 1. The molecule has 2 aromatic carbocycles. The topological polar surface area (TPSA) is 50.8 Å². The van der Waals surface area contributed by atoms with Crippen molar-refractivity contribution in [2.24, 2.45) is 0 Å². The number of anilines is 1. The Kier molecular flexibility index (Phi) is 6.72. The van der Waals surface area contributed by atoms with Crippen molar-refractivity contribution in [3.63, 3.8) is 0 Å². The minimum absolute atomic E-state index is 0.0301. The summed E-state index contributed by atoms with van der Waals surface area (Å²) in [5, 5.41) is 4.04. The quantitative estimate of drug-likeness (QED) is 0.528. The van der Waals surface area contributed by atoms with Crippen LogP contribution in [0.15, 0.2) is 48.5 Å². The maximum Gasteiger partial charge on any atom is 0.270 e. The molecule has 1 N–H and O–H groups in total. The van der Waals surface area contributed by atoms with Crippen LogP contribution in [0.5, 0.6) is 5.75 Å². The van der Waals surface area contributed by atoms with E-state index in [1.54, 1.807) is 31.4 Å². The van der Waals surface area contributed by atoms with Crippen LogP contribution < -0.4 is 15.0 Å². The molecule has 2 aromatic rings. The fourth-order valence-corrected chi connectivity index (χ4v) is 3.25. The molecular weight excluding hydrogens is 364 g/mol. The number of hydrogen-bond acceptors (Lipinski definition) is 4. The number of ether oxygens (including phenoxy) is 2. The number of aryl methyl sites for hydroxylation is 1. The van der Waals surface area contributed by atoms with Gasteiger partial charge in [0, 0.05) is 31.0 Å². The number of benzene rings is 2. The highest BCUT2D eigenvalue weighted by molar-refractivity contribution is 6.30. The van der Waals surface area contributed by atoms with Crippen LogP contribution in [0.3, 0.4) is 0 Å². The van der Waals surface area contributed by atoms with E-state index in [0.717, 1.165) is 24.2 Å². The lowest BCUT2D eigenvalue weighted by Crippen LogP contribution is -2.70. The van der Waals surface area contributed by atoms with Gasteiger partial charge in [-0.05, 0) is 56.3 Å². The molecule has 2 unspecified atom stereocenters.